The summed E-state index contributed by atoms with van der Waals surface area (Å²) in [7, 11) is 1.73. The second-order valence-corrected chi connectivity index (χ2v) is 9.83. The molecule has 0 radical (unpaired) electrons. The minimum atomic E-state index is -0.860. The number of cyclic esters (lactones) is 1. The topological polar surface area (TPSA) is 71.8 Å². The number of carbonyl (C=O) groups is 1. The van der Waals surface area contributed by atoms with E-state index in [1.165, 1.54) is 4.57 Å². The van der Waals surface area contributed by atoms with Crippen LogP contribution in [0.25, 0.3) is 11.1 Å². The maximum Gasteiger partial charge on any atom is 0.411 e. The zero-order chi connectivity index (χ0) is 24.5. The third kappa shape index (κ3) is 4.92. The van der Waals surface area contributed by atoms with Crippen LogP contribution in [0.2, 0.25) is 0 Å². The van der Waals surface area contributed by atoms with Crippen molar-refractivity contribution in [3.05, 3.63) is 94.4 Å². The quantitative estimate of drug-likeness (QED) is 0.538. The van der Waals surface area contributed by atoms with Crippen molar-refractivity contribution in [2.75, 3.05) is 6.54 Å². The van der Waals surface area contributed by atoms with Gasteiger partial charge in [-0.1, -0.05) is 54.6 Å². The second-order valence-electron chi connectivity index (χ2n) is 9.83. The molecule has 2 atom stereocenters. The smallest absolute Gasteiger partial charge is 0.411 e. The molecule has 6 heteroatoms. The van der Waals surface area contributed by atoms with Gasteiger partial charge < -0.3 is 14.4 Å². The average Bonchev–Trinajstić information content (AvgIpc) is 3.17. The largest absolute Gasteiger partial charge is 0.436 e. The van der Waals surface area contributed by atoms with E-state index >= 15 is 0 Å². The van der Waals surface area contributed by atoms with Gasteiger partial charge in [-0.25, -0.2) is 4.79 Å². The molecule has 6 nitrogen and oxygen atoms in total. The Kier molecular flexibility index (Phi) is 6.36. The molecule has 1 unspecified atom stereocenters. The summed E-state index contributed by atoms with van der Waals surface area (Å²) in [6, 6.07) is 21.0. The number of rotatable bonds is 7. The third-order valence-corrected chi connectivity index (χ3v) is 6.68. The first-order chi connectivity index (χ1) is 16.1. The van der Waals surface area contributed by atoms with Crippen molar-refractivity contribution in [1.29, 1.82) is 0 Å². The van der Waals surface area contributed by atoms with Crippen LogP contribution in [0.15, 0.2) is 77.7 Å². The van der Waals surface area contributed by atoms with Crippen molar-refractivity contribution >= 4 is 6.09 Å². The zero-order valence-corrected chi connectivity index (χ0v) is 20.2. The number of ether oxygens (including phenoxy) is 1. The molecule has 2 aromatic carbocycles. The SMILES string of the molecule is C[C@@H](c1ccc(-c2ccn(C)c(=O)c2)cc1)N1CC(CCC(C)(C)O)(c2ccccc2)OC1=O. The molecule has 0 spiro atoms. The van der Waals surface area contributed by atoms with Crippen LogP contribution < -0.4 is 5.56 Å². The van der Waals surface area contributed by atoms with E-state index in [0.29, 0.717) is 19.4 Å². The van der Waals surface area contributed by atoms with Crippen molar-refractivity contribution in [3.63, 3.8) is 0 Å². The van der Waals surface area contributed by atoms with Gasteiger partial charge in [0, 0.05) is 19.3 Å². The van der Waals surface area contributed by atoms with Gasteiger partial charge in [0.25, 0.3) is 5.56 Å². The Labute approximate surface area is 200 Å². The standard InChI is InChI=1S/C28H32N2O4/c1-20(21-10-12-22(13-11-21)23-14-17-29(4)25(31)18-23)30-19-28(34-26(30)32,16-15-27(2,3)33)24-8-6-5-7-9-24/h5-14,17-18,20,33H,15-16,19H2,1-4H3/t20-,28?/m0/s1. The van der Waals surface area contributed by atoms with Crippen molar-refractivity contribution in [3.8, 4) is 11.1 Å². The molecule has 1 saturated heterocycles. The van der Waals surface area contributed by atoms with E-state index in [9.17, 15) is 14.7 Å². The Bertz CT molecular complexity index is 1210. The van der Waals surface area contributed by atoms with Gasteiger partial charge in [0.2, 0.25) is 0 Å². The van der Waals surface area contributed by atoms with Gasteiger partial charge in [-0.05, 0) is 61.9 Å². The van der Waals surface area contributed by atoms with Crippen LogP contribution in [0.3, 0.4) is 0 Å². The fraction of sp³-hybridized carbons (Fsp3) is 0.357. The lowest BCUT2D eigenvalue weighted by Crippen LogP contribution is -2.35. The molecule has 1 aliphatic heterocycles. The van der Waals surface area contributed by atoms with Crippen molar-refractivity contribution in [1.82, 2.24) is 9.47 Å². The molecule has 34 heavy (non-hydrogen) atoms. The monoisotopic (exact) mass is 460 g/mol. The molecule has 1 aromatic heterocycles. The lowest BCUT2D eigenvalue weighted by atomic mass is 9.85. The first-order valence-electron chi connectivity index (χ1n) is 11.6. The van der Waals surface area contributed by atoms with Gasteiger partial charge >= 0.3 is 6.09 Å². The van der Waals surface area contributed by atoms with Gasteiger partial charge in [-0.2, -0.15) is 0 Å². The molecule has 178 valence electrons. The predicted molar refractivity (Wildman–Crippen MR) is 132 cm³/mol. The number of aliphatic hydroxyl groups is 1. The highest BCUT2D eigenvalue weighted by Crippen LogP contribution is 2.42. The lowest BCUT2D eigenvalue weighted by molar-refractivity contribution is 0.00728. The number of hydrogen-bond acceptors (Lipinski definition) is 4. The number of benzene rings is 2. The number of aryl methyl sites for hydroxylation is 1. The maximum absolute atomic E-state index is 13.1. The number of nitrogens with zero attached hydrogens (tertiary/aromatic N) is 2. The fourth-order valence-corrected chi connectivity index (χ4v) is 4.43. The summed E-state index contributed by atoms with van der Waals surface area (Å²) >= 11 is 0. The second kappa shape index (κ2) is 9.11. The number of aromatic nitrogens is 1. The first kappa shape index (κ1) is 23.8. The summed E-state index contributed by atoms with van der Waals surface area (Å²) in [5.74, 6) is 0. The fourth-order valence-electron chi connectivity index (χ4n) is 4.43. The number of hydrogen-bond donors (Lipinski definition) is 1. The summed E-state index contributed by atoms with van der Waals surface area (Å²) < 4.78 is 7.58. The molecule has 0 saturated carbocycles. The number of carbonyl (C=O) groups excluding carboxylic acids is 1. The molecule has 1 aliphatic rings. The molecule has 1 amide bonds. The Morgan fingerprint density at radius 3 is 2.32 bits per heavy atom. The molecule has 2 heterocycles. The molecular weight excluding hydrogens is 428 g/mol. The van der Waals surface area contributed by atoms with Crippen molar-refractivity contribution in [2.45, 2.75) is 50.9 Å². The van der Waals surface area contributed by atoms with E-state index in [1.807, 2.05) is 67.6 Å². The van der Waals surface area contributed by atoms with Gasteiger partial charge in [-0.3, -0.25) is 9.69 Å². The molecule has 1 fully saturated rings. The van der Waals surface area contributed by atoms with E-state index < -0.39 is 11.2 Å². The van der Waals surface area contributed by atoms with Gasteiger partial charge in [0.15, 0.2) is 5.60 Å². The Balaban J connectivity index is 1.58. The van der Waals surface area contributed by atoms with Crippen LogP contribution in [0, 0.1) is 0 Å². The maximum atomic E-state index is 13.1. The van der Waals surface area contributed by atoms with Crippen molar-refractivity contribution in [2.24, 2.45) is 7.05 Å². The molecule has 0 bridgehead atoms. The lowest BCUT2D eigenvalue weighted by Gasteiger charge is -2.31. The highest BCUT2D eigenvalue weighted by Gasteiger charge is 2.48. The normalized spacial score (nSPS) is 19.2. The molecule has 1 N–H and O–H groups in total. The van der Waals surface area contributed by atoms with Crippen LogP contribution in [-0.2, 0) is 17.4 Å². The third-order valence-electron chi connectivity index (χ3n) is 6.68. The molecule has 0 aliphatic carbocycles. The predicted octanol–water partition coefficient (Wildman–Crippen LogP) is 5.01. The van der Waals surface area contributed by atoms with Crippen LogP contribution in [0.1, 0.15) is 50.8 Å². The van der Waals surface area contributed by atoms with Gasteiger partial charge in [-0.15, -0.1) is 0 Å². The Hall–Kier alpha value is -3.38. The minimum Gasteiger partial charge on any atom is -0.436 e. The Morgan fingerprint density at radius 1 is 1.03 bits per heavy atom. The van der Waals surface area contributed by atoms with Crippen LogP contribution in [0.4, 0.5) is 4.79 Å². The minimum absolute atomic E-state index is 0.0573. The van der Waals surface area contributed by atoms with Crippen molar-refractivity contribution < 1.29 is 14.6 Å². The highest BCUT2D eigenvalue weighted by molar-refractivity contribution is 5.72. The van der Waals surface area contributed by atoms with Crippen LogP contribution >= 0.6 is 0 Å². The first-order valence-corrected chi connectivity index (χ1v) is 11.6. The molecule has 4 rings (SSSR count). The zero-order valence-electron chi connectivity index (χ0n) is 20.2. The average molecular weight is 461 g/mol. The van der Waals surface area contributed by atoms with Crippen LogP contribution in [-0.4, -0.2) is 32.8 Å². The van der Waals surface area contributed by atoms with Crippen LogP contribution in [0.5, 0.6) is 0 Å². The molecular formula is C28H32N2O4. The summed E-state index contributed by atoms with van der Waals surface area (Å²) in [4.78, 5) is 26.8. The number of pyridine rings is 1. The summed E-state index contributed by atoms with van der Waals surface area (Å²) in [5, 5.41) is 10.3. The van der Waals surface area contributed by atoms with Gasteiger partial charge in [0.1, 0.15) is 0 Å². The number of amides is 1. The van der Waals surface area contributed by atoms with E-state index in [2.05, 4.69) is 0 Å². The van der Waals surface area contributed by atoms with E-state index in [1.54, 1.807) is 38.1 Å². The highest BCUT2D eigenvalue weighted by atomic mass is 16.6. The van der Waals surface area contributed by atoms with Gasteiger partial charge in [0.05, 0.1) is 18.2 Å². The van der Waals surface area contributed by atoms with E-state index in [-0.39, 0.29) is 17.7 Å². The Morgan fingerprint density at radius 2 is 1.71 bits per heavy atom. The molecule has 3 aromatic rings. The summed E-state index contributed by atoms with van der Waals surface area (Å²) in [5.41, 5.74) is 1.99. The van der Waals surface area contributed by atoms with E-state index in [4.69, 9.17) is 4.74 Å². The summed E-state index contributed by atoms with van der Waals surface area (Å²) in [6.45, 7) is 5.94. The van der Waals surface area contributed by atoms with E-state index in [0.717, 1.165) is 22.3 Å². The summed E-state index contributed by atoms with van der Waals surface area (Å²) in [6.07, 6.45) is 2.42.